The first-order valence-corrected chi connectivity index (χ1v) is 13.9. The number of sulfone groups is 1. The zero-order valence-corrected chi connectivity index (χ0v) is 20.9. The van der Waals surface area contributed by atoms with Crippen molar-refractivity contribution >= 4 is 55.4 Å². The Morgan fingerprint density at radius 1 is 1.09 bits per heavy atom. The quantitative estimate of drug-likeness (QED) is 0.481. The molecule has 180 valence electrons. The first-order chi connectivity index (χ1) is 16.2. The SMILES string of the molecule is NC(=O)Cn1ccsc1=N[N+]1(C(=O)CCS(=O)(=O)c2ccc3cc(Cl)ccc3c2)CCCCC1. The van der Waals surface area contributed by atoms with Gasteiger partial charge in [-0.2, -0.15) is 0 Å². The Morgan fingerprint density at radius 2 is 1.79 bits per heavy atom. The van der Waals surface area contributed by atoms with Crippen LogP contribution >= 0.6 is 22.9 Å². The van der Waals surface area contributed by atoms with Crippen LogP contribution in [0.1, 0.15) is 25.7 Å². The summed E-state index contributed by atoms with van der Waals surface area (Å²) in [6.07, 6.45) is 4.18. The minimum Gasteiger partial charge on any atom is -0.368 e. The number of thiazole rings is 1. The van der Waals surface area contributed by atoms with Gasteiger partial charge < -0.3 is 10.3 Å². The molecule has 34 heavy (non-hydrogen) atoms. The molecule has 2 amide bonds. The van der Waals surface area contributed by atoms with Crippen LogP contribution in [0.2, 0.25) is 5.02 Å². The number of fused-ring (bicyclic) bond motifs is 1. The molecule has 2 N–H and O–H groups in total. The van der Waals surface area contributed by atoms with Crippen LogP contribution in [0.25, 0.3) is 10.8 Å². The number of amides is 2. The van der Waals surface area contributed by atoms with Crippen molar-refractivity contribution in [1.29, 1.82) is 0 Å². The standard InChI is InChI=1S/C23H25ClN4O4S2/c24-19-6-4-18-15-20(7-5-17(18)14-19)34(31,32)13-8-22(30)28(10-2-1-3-11-28)26-23-27(9-12-33-23)16-21(25)29/h4-7,9,12,14-15H,1-3,8,10-11,13,16H2,(H-,25,29)/p+1. The van der Waals surface area contributed by atoms with Crippen LogP contribution in [-0.4, -0.2) is 48.2 Å². The van der Waals surface area contributed by atoms with Gasteiger partial charge in [0.25, 0.3) is 0 Å². The molecule has 8 nitrogen and oxygen atoms in total. The van der Waals surface area contributed by atoms with Crippen LogP contribution in [-0.2, 0) is 26.0 Å². The molecule has 4 rings (SSSR count). The molecule has 11 heteroatoms. The fraction of sp³-hybridized carbons (Fsp3) is 0.348. The van der Waals surface area contributed by atoms with Crippen molar-refractivity contribution < 1.29 is 22.6 Å². The van der Waals surface area contributed by atoms with Gasteiger partial charge in [-0.05, 0) is 59.4 Å². The minimum atomic E-state index is -3.68. The fourth-order valence-electron chi connectivity index (χ4n) is 4.21. The molecule has 0 aliphatic carbocycles. The number of quaternary nitrogens is 1. The second kappa shape index (κ2) is 9.99. The number of nitrogens with two attached hydrogens (primary N) is 1. The van der Waals surface area contributed by atoms with Crippen molar-refractivity contribution in [1.82, 2.24) is 4.57 Å². The molecular weight excluding hydrogens is 496 g/mol. The monoisotopic (exact) mass is 521 g/mol. The molecule has 3 aromatic rings. The van der Waals surface area contributed by atoms with Gasteiger partial charge in [0.15, 0.2) is 9.84 Å². The van der Waals surface area contributed by atoms with Crippen LogP contribution in [0.5, 0.6) is 0 Å². The van der Waals surface area contributed by atoms with Crippen molar-refractivity contribution in [3.8, 4) is 0 Å². The van der Waals surface area contributed by atoms with E-state index in [0.717, 1.165) is 30.0 Å². The molecule has 0 saturated carbocycles. The number of nitrogens with zero attached hydrogens (tertiary/aromatic N) is 3. The van der Waals surface area contributed by atoms with Gasteiger partial charge in [-0.15, -0.1) is 15.9 Å². The Labute approximate surface area is 206 Å². The molecule has 2 heterocycles. The van der Waals surface area contributed by atoms with Gasteiger partial charge in [0.2, 0.25) is 10.7 Å². The number of hydrogen-bond donors (Lipinski definition) is 1. The molecule has 1 aliphatic rings. The number of benzene rings is 2. The summed E-state index contributed by atoms with van der Waals surface area (Å²) in [6.45, 7) is 0.978. The van der Waals surface area contributed by atoms with Gasteiger partial charge in [0.1, 0.15) is 19.6 Å². The maximum Gasteiger partial charge on any atom is 0.340 e. The molecule has 0 radical (unpaired) electrons. The third kappa shape index (κ3) is 5.41. The zero-order chi connectivity index (χ0) is 24.3. The number of carbonyl (C=O) groups is 2. The average Bonchev–Trinajstić information content (AvgIpc) is 3.23. The van der Waals surface area contributed by atoms with E-state index >= 15 is 0 Å². The maximum absolute atomic E-state index is 13.4. The van der Waals surface area contributed by atoms with E-state index in [1.165, 1.54) is 11.3 Å². The lowest BCUT2D eigenvalue weighted by Gasteiger charge is -2.32. The molecule has 0 spiro atoms. The van der Waals surface area contributed by atoms with Gasteiger partial charge in [-0.3, -0.25) is 4.79 Å². The Balaban J connectivity index is 1.58. The molecular formula is C23H26ClN4O4S2+. The third-order valence-corrected chi connectivity index (χ3v) is 8.73. The van der Waals surface area contributed by atoms with E-state index in [9.17, 15) is 18.0 Å². The van der Waals surface area contributed by atoms with Crippen LogP contribution in [0, 0.1) is 0 Å². The van der Waals surface area contributed by atoms with Crippen LogP contribution in [0.15, 0.2) is 58.0 Å². The molecule has 0 unspecified atom stereocenters. The van der Waals surface area contributed by atoms with Crippen LogP contribution in [0.4, 0.5) is 0 Å². The summed E-state index contributed by atoms with van der Waals surface area (Å²) in [5, 5.41) is 8.71. The Hall–Kier alpha value is -2.53. The number of halogens is 1. The van der Waals surface area contributed by atoms with E-state index in [2.05, 4.69) is 0 Å². The first kappa shape index (κ1) is 24.6. The number of hydrogen-bond acceptors (Lipinski definition) is 6. The van der Waals surface area contributed by atoms with E-state index in [4.69, 9.17) is 22.4 Å². The Kier molecular flexibility index (Phi) is 7.22. The van der Waals surface area contributed by atoms with Gasteiger partial charge >= 0.3 is 5.91 Å². The van der Waals surface area contributed by atoms with Crippen LogP contribution in [0.3, 0.4) is 0 Å². The molecule has 0 atom stereocenters. The zero-order valence-electron chi connectivity index (χ0n) is 18.5. The van der Waals surface area contributed by atoms with Crippen molar-refractivity contribution in [2.45, 2.75) is 37.1 Å². The van der Waals surface area contributed by atoms with Gasteiger partial charge in [0.05, 0.1) is 17.1 Å². The van der Waals surface area contributed by atoms with Gasteiger partial charge in [-0.25, -0.2) is 13.2 Å². The van der Waals surface area contributed by atoms with E-state index in [0.29, 0.717) is 22.9 Å². The Bertz CT molecular complexity index is 1410. The third-order valence-electron chi connectivity index (χ3n) is 6.00. The average molecular weight is 522 g/mol. The largest absolute Gasteiger partial charge is 0.368 e. The maximum atomic E-state index is 13.4. The summed E-state index contributed by atoms with van der Waals surface area (Å²) in [4.78, 5) is 25.5. The van der Waals surface area contributed by atoms with E-state index in [-0.39, 0.29) is 34.1 Å². The van der Waals surface area contributed by atoms with Crippen molar-refractivity contribution in [3.63, 3.8) is 0 Å². The lowest BCUT2D eigenvalue weighted by Crippen LogP contribution is -2.53. The highest BCUT2D eigenvalue weighted by molar-refractivity contribution is 7.91. The highest BCUT2D eigenvalue weighted by Gasteiger charge is 2.39. The summed E-state index contributed by atoms with van der Waals surface area (Å²) in [7, 11) is -3.68. The highest BCUT2D eigenvalue weighted by atomic mass is 35.5. The molecule has 2 aromatic carbocycles. The van der Waals surface area contributed by atoms with Gasteiger partial charge in [-0.1, -0.05) is 23.7 Å². The smallest absolute Gasteiger partial charge is 0.340 e. The second-order valence-corrected chi connectivity index (χ2v) is 11.8. The normalized spacial score (nSPS) is 16.6. The number of primary amides is 1. The molecule has 1 saturated heterocycles. The summed E-state index contributed by atoms with van der Waals surface area (Å²) in [5.41, 5.74) is 5.33. The van der Waals surface area contributed by atoms with E-state index < -0.39 is 15.7 Å². The predicted octanol–water partition coefficient (Wildman–Crippen LogP) is 3.05. The van der Waals surface area contributed by atoms with Crippen molar-refractivity contribution in [2.75, 3.05) is 18.8 Å². The van der Waals surface area contributed by atoms with E-state index in [1.54, 1.807) is 52.5 Å². The lowest BCUT2D eigenvalue weighted by molar-refractivity contribution is -0.869. The second-order valence-electron chi connectivity index (χ2n) is 8.43. The molecule has 1 aliphatic heterocycles. The topological polar surface area (TPSA) is 112 Å². The summed E-state index contributed by atoms with van der Waals surface area (Å²) < 4.78 is 27.6. The van der Waals surface area contributed by atoms with Crippen molar-refractivity contribution in [3.05, 3.63) is 57.8 Å². The number of rotatable bonds is 7. The number of piperidine rings is 1. The minimum absolute atomic E-state index is 0.0297. The Morgan fingerprint density at radius 3 is 2.53 bits per heavy atom. The van der Waals surface area contributed by atoms with Crippen molar-refractivity contribution in [2.24, 2.45) is 10.8 Å². The summed E-state index contributed by atoms with van der Waals surface area (Å²) in [6, 6.07) is 10.1. The summed E-state index contributed by atoms with van der Waals surface area (Å²) in [5.74, 6) is -1.04. The van der Waals surface area contributed by atoms with E-state index in [1.807, 2.05) is 0 Å². The van der Waals surface area contributed by atoms with Gasteiger partial charge in [0, 0.05) is 16.6 Å². The molecule has 0 bridgehead atoms. The molecule has 1 aromatic heterocycles. The number of aromatic nitrogens is 1. The number of likely N-dealkylation sites (tertiary alicyclic amines) is 1. The summed E-state index contributed by atoms with van der Waals surface area (Å²) >= 11 is 7.33. The predicted molar refractivity (Wildman–Crippen MR) is 132 cm³/mol. The fourth-order valence-corrected chi connectivity index (χ4v) is 6.44. The lowest BCUT2D eigenvalue weighted by atomic mass is 10.1. The highest BCUT2D eigenvalue weighted by Crippen LogP contribution is 2.25. The first-order valence-electron chi connectivity index (χ1n) is 11.0. The number of carbonyl (C=O) groups excluding carboxylic acids is 2. The van der Waals surface area contributed by atoms with Crippen LogP contribution < -0.4 is 10.5 Å². The molecule has 1 fully saturated rings.